The number of hydrogen-bond acceptors (Lipinski definition) is 2. The molecule has 22 heavy (non-hydrogen) atoms. The molecule has 0 saturated carbocycles. The molecule has 0 saturated heterocycles. The van der Waals surface area contributed by atoms with Crippen molar-refractivity contribution in [1.29, 1.82) is 0 Å². The molecule has 1 aliphatic heterocycles. The predicted molar refractivity (Wildman–Crippen MR) is 91.7 cm³/mol. The van der Waals surface area contributed by atoms with E-state index in [1.165, 1.54) is 28.2 Å². The zero-order valence-corrected chi connectivity index (χ0v) is 13.6. The molecule has 4 heteroatoms. The molecule has 1 aliphatic rings. The van der Waals surface area contributed by atoms with Crippen molar-refractivity contribution in [2.24, 2.45) is 7.05 Å². The predicted octanol–water partition coefficient (Wildman–Crippen LogP) is 4.99. The smallest absolute Gasteiger partial charge is 0.196 e. The Kier molecular flexibility index (Phi) is 3.28. The van der Waals surface area contributed by atoms with Crippen molar-refractivity contribution >= 4 is 39.4 Å². The Hall–Kier alpha value is -1.71. The number of benzene rings is 2. The summed E-state index contributed by atoms with van der Waals surface area (Å²) >= 11 is 7.37. The number of nitrogens with zero attached hydrogens (tertiary/aromatic N) is 1. The van der Waals surface area contributed by atoms with Gasteiger partial charge in [-0.15, -0.1) is 0 Å². The highest BCUT2D eigenvalue weighted by Crippen LogP contribution is 2.46. The molecule has 1 aromatic heterocycles. The van der Waals surface area contributed by atoms with Gasteiger partial charge < -0.3 is 4.57 Å². The molecule has 1 atom stereocenters. The van der Waals surface area contributed by atoms with Crippen LogP contribution < -0.4 is 0 Å². The summed E-state index contributed by atoms with van der Waals surface area (Å²) < 4.78 is 2.13. The molecule has 4 rings (SSSR count). The minimum atomic E-state index is 0.104. The SMILES string of the molecule is Cn1c2c(c3ccccc31)[C@@H](c1ccc(Cl)cc1)CC(=O)S2. The van der Waals surface area contributed by atoms with Crippen LogP contribution in [0.4, 0.5) is 0 Å². The van der Waals surface area contributed by atoms with Crippen molar-refractivity contribution in [2.75, 3.05) is 0 Å². The number of carbonyl (C=O) groups is 1. The van der Waals surface area contributed by atoms with Gasteiger partial charge in [-0.2, -0.15) is 0 Å². The summed E-state index contributed by atoms with van der Waals surface area (Å²) in [6.07, 6.45) is 0.535. The van der Waals surface area contributed by atoms with Crippen LogP contribution in [-0.4, -0.2) is 9.68 Å². The minimum absolute atomic E-state index is 0.104. The maximum Gasteiger partial charge on any atom is 0.196 e. The number of fused-ring (bicyclic) bond motifs is 3. The Labute approximate surface area is 138 Å². The van der Waals surface area contributed by atoms with E-state index < -0.39 is 0 Å². The first-order chi connectivity index (χ1) is 10.6. The maximum atomic E-state index is 12.2. The zero-order chi connectivity index (χ0) is 15.3. The Balaban J connectivity index is 1.98. The second-order valence-corrected chi connectivity index (χ2v) is 7.06. The summed E-state index contributed by atoms with van der Waals surface area (Å²) in [5.74, 6) is 0.104. The Morgan fingerprint density at radius 1 is 1.14 bits per heavy atom. The molecule has 0 bridgehead atoms. The third-order valence-corrected chi connectivity index (χ3v) is 5.63. The van der Waals surface area contributed by atoms with Gasteiger partial charge in [0, 0.05) is 40.9 Å². The van der Waals surface area contributed by atoms with E-state index in [0.717, 1.165) is 15.6 Å². The largest absolute Gasteiger partial charge is 0.338 e. The minimum Gasteiger partial charge on any atom is -0.338 e. The summed E-state index contributed by atoms with van der Waals surface area (Å²) in [4.78, 5) is 12.2. The first-order valence-electron chi connectivity index (χ1n) is 7.18. The van der Waals surface area contributed by atoms with Gasteiger partial charge in [0.25, 0.3) is 0 Å². The van der Waals surface area contributed by atoms with Gasteiger partial charge >= 0.3 is 0 Å². The van der Waals surface area contributed by atoms with E-state index in [1.807, 2.05) is 37.4 Å². The topological polar surface area (TPSA) is 22.0 Å². The molecule has 2 nitrogen and oxygen atoms in total. The Morgan fingerprint density at radius 2 is 1.86 bits per heavy atom. The molecular weight excluding hydrogens is 314 g/mol. The van der Waals surface area contributed by atoms with Gasteiger partial charge in [-0.3, -0.25) is 4.79 Å². The lowest BCUT2D eigenvalue weighted by molar-refractivity contribution is -0.111. The summed E-state index contributed by atoms with van der Waals surface area (Å²) in [5, 5.41) is 3.24. The van der Waals surface area contributed by atoms with Crippen molar-refractivity contribution in [3.8, 4) is 0 Å². The van der Waals surface area contributed by atoms with Gasteiger partial charge in [-0.25, -0.2) is 0 Å². The lowest BCUT2D eigenvalue weighted by Crippen LogP contribution is -2.13. The number of aromatic nitrogens is 1. The molecule has 110 valence electrons. The summed E-state index contributed by atoms with van der Waals surface area (Å²) in [7, 11) is 2.03. The molecule has 0 amide bonds. The molecule has 0 unspecified atom stereocenters. The quantitative estimate of drug-likeness (QED) is 0.628. The van der Waals surface area contributed by atoms with Crippen LogP contribution in [0, 0.1) is 0 Å². The number of para-hydroxylation sites is 1. The lowest BCUT2D eigenvalue weighted by atomic mass is 9.88. The van der Waals surface area contributed by atoms with Gasteiger partial charge in [0.05, 0.1) is 5.03 Å². The van der Waals surface area contributed by atoms with Crippen LogP contribution in [0.5, 0.6) is 0 Å². The van der Waals surface area contributed by atoms with E-state index in [9.17, 15) is 4.79 Å². The van der Waals surface area contributed by atoms with Gasteiger partial charge in [-0.1, -0.05) is 41.9 Å². The maximum absolute atomic E-state index is 12.2. The van der Waals surface area contributed by atoms with Gasteiger partial charge in [0.1, 0.15) is 0 Å². The highest BCUT2D eigenvalue weighted by molar-refractivity contribution is 8.13. The van der Waals surface area contributed by atoms with Crippen molar-refractivity contribution in [3.05, 3.63) is 64.7 Å². The number of hydrogen-bond donors (Lipinski definition) is 0. The normalized spacial score (nSPS) is 17.7. The van der Waals surface area contributed by atoms with Gasteiger partial charge in [0.2, 0.25) is 0 Å². The molecule has 2 aromatic carbocycles. The van der Waals surface area contributed by atoms with Crippen LogP contribution in [0.15, 0.2) is 53.6 Å². The zero-order valence-electron chi connectivity index (χ0n) is 12.0. The number of halogens is 1. The summed E-state index contributed by atoms with van der Waals surface area (Å²) in [6.45, 7) is 0. The van der Waals surface area contributed by atoms with E-state index >= 15 is 0 Å². The number of rotatable bonds is 1. The molecule has 0 radical (unpaired) electrons. The standard InChI is InChI=1S/C18H14ClNOS/c1-20-15-5-3-2-4-13(15)17-14(10-16(21)22-18(17)20)11-6-8-12(19)9-7-11/h2-9,14H,10H2,1H3/t14-/m1/s1. The van der Waals surface area contributed by atoms with Gasteiger partial charge in [-0.05, 0) is 35.5 Å². The van der Waals surface area contributed by atoms with Crippen LogP contribution in [0.25, 0.3) is 10.9 Å². The lowest BCUT2D eigenvalue weighted by Gasteiger charge is -2.23. The Morgan fingerprint density at radius 3 is 2.64 bits per heavy atom. The second-order valence-electron chi connectivity index (χ2n) is 5.58. The number of thioether (sulfide) groups is 1. The van der Waals surface area contributed by atoms with E-state index in [2.05, 4.69) is 22.8 Å². The van der Waals surface area contributed by atoms with Crippen LogP contribution in [0.3, 0.4) is 0 Å². The third-order valence-electron chi connectivity index (χ3n) is 4.29. The fraction of sp³-hybridized carbons (Fsp3) is 0.167. The van der Waals surface area contributed by atoms with Crippen molar-refractivity contribution in [3.63, 3.8) is 0 Å². The third kappa shape index (κ3) is 2.08. The highest BCUT2D eigenvalue weighted by Gasteiger charge is 2.32. The number of aryl methyl sites for hydroxylation is 1. The molecule has 0 spiro atoms. The summed E-state index contributed by atoms with van der Waals surface area (Å²) in [5.41, 5.74) is 3.59. The fourth-order valence-electron chi connectivity index (χ4n) is 3.26. The molecular formula is C18H14ClNOS. The van der Waals surface area contributed by atoms with E-state index in [-0.39, 0.29) is 11.0 Å². The van der Waals surface area contributed by atoms with E-state index in [0.29, 0.717) is 6.42 Å². The van der Waals surface area contributed by atoms with Crippen molar-refractivity contribution in [1.82, 2.24) is 4.57 Å². The van der Waals surface area contributed by atoms with E-state index in [1.54, 1.807) is 0 Å². The van der Waals surface area contributed by atoms with Crippen molar-refractivity contribution < 1.29 is 4.79 Å². The number of carbonyl (C=O) groups excluding carboxylic acids is 1. The van der Waals surface area contributed by atoms with E-state index in [4.69, 9.17) is 11.6 Å². The average molecular weight is 328 g/mol. The van der Waals surface area contributed by atoms with Crippen molar-refractivity contribution in [2.45, 2.75) is 17.4 Å². The van der Waals surface area contributed by atoms with Crippen LogP contribution in [-0.2, 0) is 11.8 Å². The Bertz CT molecular complexity index is 882. The van der Waals surface area contributed by atoms with Crippen LogP contribution in [0.1, 0.15) is 23.5 Å². The fourth-order valence-corrected chi connectivity index (χ4v) is 4.45. The van der Waals surface area contributed by atoms with Crippen LogP contribution >= 0.6 is 23.4 Å². The molecule has 2 heterocycles. The average Bonchev–Trinajstić information content (AvgIpc) is 2.81. The first-order valence-corrected chi connectivity index (χ1v) is 8.38. The first kappa shape index (κ1) is 13.9. The molecule has 0 N–H and O–H groups in total. The monoisotopic (exact) mass is 327 g/mol. The second kappa shape index (κ2) is 5.18. The van der Waals surface area contributed by atoms with Crippen LogP contribution in [0.2, 0.25) is 5.02 Å². The molecule has 3 aromatic rings. The van der Waals surface area contributed by atoms with Gasteiger partial charge in [0.15, 0.2) is 5.12 Å². The highest BCUT2D eigenvalue weighted by atomic mass is 35.5. The molecule has 0 fully saturated rings. The summed E-state index contributed by atoms with van der Waals surface area (Å²) in [6, 6.07) is 16.2. The molecule has 0 aliphatic carbocycles.